The van der Waals surface area contributed by atoms with Crippen molar-refractivity contribution in [1.82, 2.24) is 0 Å². The Morgan fingerprint density at radius 3 is 1.45 bits per heavy atom. The highest BCUT2D eigenvalue weighted by molar-refractivity contribution is 5.96. The lowest BCUT2D eigenvalue weighted by Gasteiger charge is -2.44. The summed E-state index contributed by atoms with van der Waals surface area (Å²) in [5.41, 5.74) is -2.53. The van der Waals surface area contributed by atoms with Crippen molar-refractivity contribution in [1.29, 1.82) is 0 Å². The first kappa shape index (κ1) is 48.8. The first-order valence-corrected chi connectivity index (χ1v) is 19.4. The molecule has 3 aromatic rings. The third-order valence-electron chi connectivity index (χ3n) is 9.50. The van der Waals surface area contributed by atoms with Gasteiger partial charge in [-0.25, -0.2) is 0 Å². The van der Waals surface area contributed by atoms with Crippen LogP contribution in [-0.2, 0) is 85.7 Å². The van der Waals surface area contributed by atoms with Crippen molar-refractivity contribution in [2.45, 2.75) is 117 Å². The van der Waals surface area contributed by atoms with Crippen LogP contribution in [0.3, 0.4) is 0 Å². The highest BCUT2D eigenvalue weighted by atomic mass is 16.7. The zero-order valence-corrected chi connectivity index (χ0v) is 35.8. The Hall–Kier alpha value is -7.21. The Morgan fingerprint density at radius 1 is 0.523 bits per heavy atom. The molecule has 2 aliphatic heterocycles. The number of rotatable bonds is 13. The molecule has 2 fully saturated rings. The van der Waals surface area contributed by atoms with Crippen LogP contribution in [0.2, 0.25) is 0 Å². The van der Waals surface area contributed by atoms with Crippen LogP contribution in [0.4, 0.5) is 0 Å². The number of ether oxygens (including phenoxy) is 11. The minimum Gasteiger partial charge on any atom is -0.507 e. The summed E-state index contributed by atoms with van der Waals surface area (Å²) >= 11 is 0. The molecule has 0 aliphatic carbocycles. The molecule has 1 aromatic heterocycles. The maximum absolute atomic E-state index is 14.4. The van der Waals surface area contributed by atoms with Crippen LogP contribution in [0.25, 0.3) is 21.9 Å². The molecule has 0 amide bonds. The lowest BCUT2D eigenvalue weighted by atomic mass is 9.88. The summed E-state index contributed by atoms with van der Waals surface area (Å²) in [6, 6.07) is 2.70. The Kier molecular flexibility index (Phi) is 15.1. The molecular weight excluding hydrogens is 876 g/mol. The van der Waals surface area contributed by atoms with E-state index < -0.39 is 173 Å². The number of fused-ring (bicyclic) bond motifs is 2. The molecule has 24 nitrogen and oxygen atoms in total. The van der Waals surface area contributed by atoms with Gasteiger partial charge in [-0.1, -0.05) is 0 Å². The summed E-state index contributed by atoms with van der Waals surface area (Å²) in [7, 11) is 0. The monoisotopic (exact) mass is 920 g/mol. The van der Waals surface area contributed by atoms with Crippen molar-refractivity contribution >= 4 is 69.7 Å². The maximum atomic E-state index is 14.4. The second-order valence-corrected chi connectivity index (χ2v) is 14.6. The lowest BCUT2D eigenvalue weighted by molar-refractivity contribution is -0.288. The molecule has 3 heterocycles. The fourth-order valence-corrected chi connectivity index (χ4v) is 7.26. The quantitative estimate of drug-likeness (QED) is 0.124. The number of hydrogen-bond acceptors (Lipinski definition) is 24. The van der Waals surface area contributed by atoms with E-state index in [1.165, 1.54) is 0 Å². The van der Waals surface area contributed by atoms with Gasteiger partial charge < -0.3 is 71.8 Å². The number of phenolic OH excluding ortho intramolecular Hbond substituents is 3. The maximum Gasteiger partial charge on any atom is 0.303 e. The van der Waals surface area contributed by atoms with E-state index in [4.69, 9.17) is 56.5 Å². The zero-order chi connectivity index (χ0) is 48.2. The molecule has 0 saturated carbocycles. The predicted octanol–water partition coefficient (Wildman–Crippen LogP) is 1.32. The van der Waals surface area contributed by atoms with Crippen LogP contribution in [0, 0.1) is 0 Å². The minimum absolute atomic E-state index is 0.354. The van der Waals surface area contributed by atoms with Crippen LogP contribution < -0.4 is 10.2 Å². The van der Waals surface area contributed by atoms with Gasteiger partial charge in [0.1, 0.15) is 59.6 Å². The van der Waals surface area contributed by atoms with Crippen LogP contribution in [0.15, 0.2) is 27.4 Å². The van der Waals surface area contributed by atoms with Gasteiger partial charge in [0.25, 0.3) is 0 Å². The van der Waals surface area contributed by atoms with Crippen molar-refractivity contribution in [3.63, 3.8) is 0 Å². The standard InChI is InChI=1S/C41H44O24/c1-14(42)54-12-28-34(56-16(3)44)37(58-18(5)46)39(60-20(7)48)36(63-28)30-24(51)11-27-31(33(30)53)32(52)22-9-26(23(50)10-25(22)62-27)64-41-40(61-21(8)49)38(59-19(6)47)35(57-17(4)45)29(65-41)13-55-15(2)43/h9-11,28-29,34-41,50-51,53H,12-13H2,1-8H3/t28-,29-,34-,35-,36+,37+,38+,39+,40-,41-/m1/s1. The molecule has 5 rings (SSSR count). The molecule has 3 N–H and O–H groups in total. The van der Waals surface area contributed by atoms with E-state index in [9.17, 15) is 58.5 Å². The van der Waals surface area contributed by atoms with E-state index in [0.29, 0.717) is 0 Å². The van der Waals surface area contributed by atoms with Gasteiger partial charge in [0.15, 0.2) is 42.0 Å². The van der Waals surface area contributed by atoms with Gasteiger partial charge in [0.2, 0.25) is 17.8 Å². The highest BCUT2D eigenvalue weighted by Gasteiger charge is 2.55. The molecule has 2 aromatic carbocycles. The first-order chi connectivity index (χ1) is 30.5. The number of esters is 8. The average Bonchev–Trinajstić information content (AvgIpc) is 3.17. The Bertz CT molecular complexity index is 2450. The third-order valence-corrected chi connectivity index (χ3v) is 9.50. The molecule has 2 saturated heterocycles. The number of carbonyl (C=O) groups is 8. The van der Waals surface area contributed by atoms with E-state index in [0.717, 1.165) is 73.6 Å². The Balaban J connectivity index is 1.67. The molecular formula is C41H44O24. The summed E-state index contributed by atoms with van der Waals surface area (Å²) in [5.74, 6) is -10.5. The molecule has 2 aliphatic rings. The van der Waals surface area contributed by atoms with Gasteiger partial charge in [-0.2, -0.15) is 0 Å². The van der Waals surface area contributed by atoms with Crippen molar-refractivity contribution in [2.24, 2.45) is 0 Å². The number of phenols is 3. The molecule has 24 heteroatoms. The van der Waals surface area contributed by atoms with E-state index in [2.05, 4.69) is 0 Å². The van der Waals surface area contributed by atoms with Crippen LogP contribution >= 0.6 is 0 Å². The van der Waals surface area contributed by atoms with Crippen molar-refractivity contribution in [2.75, 3.05) is 13.2 Å². The van der Waals surface area contributed by atoms with Crippen LogP contribution in [-0.4, -0.2) is 131 Å². The van der Waals surface area contributed by atoms with Gasteiger partial charge in [0, 0.05) is 67.5 Å². The van der Waals surface area contributed by atoms with Gasteiger partial charge in [0.05, 0.1) is 10.9 Å². The van der Waals surface area contributed by atoms with E-state index in [-0.39, 0.29) is 5.58 Å². The molecule has 10 atom stereocenters. The van der Waals surface area contributed by atoms with Gasteiger partial charge in [-0.3, -0.25) is 43.2 Å². The normalized spacial score (nSPS) is 25.0. The predicted molar refractivity (Wildman–Crippen MR) is 208 cm³/mol. The molecule has 352 valence electrons. The van der Waals surface area contributed by atoms with Crippen LogP contribution in [0.5, 0.6) is 23.0 Å². The summed E-state index contributed by atoms with van der Waals surface area (Å²) < 4.78 is 66.4. The SMILES string of the molecule is CC(=O)OC[C@H]1O[C@@H](c2c(O)cc3oc4cc(O)c(O[C@@H]5O[C@H](COC(C)=O)[C@@H](OC(C)=O)[C@H](OC(C)=O)[C@H]5OC(C)=O)cc4c(=O)c3c2O)[C@H](OC(C)=O)[C@@H](OC(C)=O)[C@@H]1OC(C)=O. The fourth-order valence-electron chi connectivity index (χ4n) is 7.26. The minimum atomic E-state index is -1.87. The van der Waals surface area contributed by atoms with Gasteiger partial charge in [-0.05, 0) is 6.07 Å². The summed E-state index contributed by atoms with van der Waals surface area (Å²) in [5, 5.41) is 33.4. The third kappa shape index (κ3) is 11.3. The molecule has 0 radical (unpaired) electrons. The number of carbonyl (C=O) groups excluding carboxylic acids is 8. The smallest absolute Gasteiger partial charge is 0.303 e. The summed E-state index contributed by atoms with van der Waals surface area (Å²) in [6.45, 7) is 6.78. The number of hydrogen-bond donors (Lipinski definition) is 3. The first-order valence-electron chi connectivity index (χ1n) is 19.4. The van der Waals surface area contributed by atoms with E-state index >= 15 is 0 Å². The average molecular weight is 921 g/mol. The van der Waals surface area contributed by atoms with E-state index in [1.54, 1.807) is 0 Å². The zero-order valence-electron chi connectivity index (χ0n) is 35.8. The van der Waals surface area contributed by atoms with Crippen molar-refractivity contribution in [3.05, 3.63) is 34.0 Å². The van der Waals surface area contributed by atoms with E-state index in [1.807, 2.05) is 0 Å². The topological polar surface area (TPSA) is 329 Å². The molecule has 0 spiro atoms. The lowest BCUT2D eigenvalue weighted by Crippen LogP contribution is -2.63. The van der Waals surface area contributed by atoms with Crippen LogP contribution in [0.1, 0.15) is 67.1 Å². The second-order valence-electron chi connectivity index (χ2n) is 14.6. The van der Waals surface area contributed by atoms with Gasteiger partial charge in [-0.15, -0.1) is 0 Å². The molecule has 65 heavy (non-hydrogen) atoms. The van der Waals surface area contributed by atoms with Crippen molar-refractivity contribution in [3.8, 4) is 23.0 Å². The molecule has 0 unspecified atom stereocenters. The Morgan fingerprint density at radius 2 is 0.954 bits per heavy atom. The summed E-state index contributed by atoms with van der Waals surface area (Å²) in [6.07, 6.45) is -16.9. The highest BCUT2D eigenvalue weighted by Crippen LogP contribution is 2.47. The second kappa shape index (κ2) is 20.1. The summed E-state index contributed by atoms with van der Waals surface area (Å²) in [4.78, 5) is 112. The van der Waals surface area contributed by atoms with Crippen molar-refractivity contribution < 1.29 is 110 Å². The Labute approximate surface area is 366 Å². The largest absolute Gasteiger partial charge is 0.507 e. The fraction of sp³-hybridized carbons (Fsp3) is 0.488. The van der Waals surface area contributed by atoms with Gasteiger partial charge >= 0.3 is 47.8 Å². The number of benzene rings is 2. The number of aromatic hydroxyl groups is 3. The molecule has 0 bridgehead atoms.